The van der Waals surface area contributed by atoms with Gasteiger partial charge in [-0.3, -0.25) is 10.1 Å². The first-order valence-electron chi connectivity index (χ1n) is 5.30. The van der Waals surface area contributed by atoms with Crippen LogP contribution in [0.25, 0.3) is 0 Å². The quantitative estimate of drug-likeness (QED) is 0.649. The van der Waals surface area contributed by atoms with Gasteiger partial charge in [0.05, 0.1) is 4.90 Å². The van der Waals surface area contributed by atoms with E-state index in [0.29, 0.717) is 6.54 Å². The van der Waals surface area contributed by atoms with E-state index in [1.165, 1.54) is 12.1 Å². The largest absolute Gasteiger partial charge is 0.480 e. The van der Waals surface area contributed by atoms with E-state index < -0.39 is 21.8 Å². The number of carbonyl (C=O) groups is 1. The molecule has 100 valence electrons. The van der Waals surface area contributed by atoms with Gasteiger partial charge in [0.25, 0.3) is 0 Å². The number of nitrogens with one attached hydrogen (secondary N) is 1. The van der Waals surface area contributed by atoms with Crippen molar-refractivity contribution in [1.82, 2.24) is 5.32 Å². The molecule has 0 saturated heterocycles. The highest BCUT2D eigenvalue weighted by molar-refractivity contribution is 7.90. The van der Waals surface area contributed by atoms with E-state index in [-0.39, 0.29) is 11.4 Å². The molecular weight excluding hydrogens is 256 g/mol. The minimum absolute atomic E-state index is 0.00322. The van der Waals surface area contributed by atoms with Crippen LogP contribution in [0.3, 0.4) is 0 Å². The SMILES string of the molecule is CS(=O)(=O)c1ccc(CNC(CN)C(=O)O)cc1. The Bertz CT molecular complexity index is 510. The van der Waals surface area contributed by atoms with Crippen LogP contribution in [0.15, 0.2) is 29.2 Å². The van der Waals surface area contributed by atoms with Gasteiger partial charge in [0.1, 0.15) is 6.04 Å². The Morgan fingerprint density at radius 2 is 1.94 bits per heavy atom. The van der Waals surface area contributed by atoms with Crippen LogP contribution in [0.4, 0.5) is 0 Å². The Morgan fingerprint density at radius 1 is 1.39 bits per heavy atom. The van der Waals surface area contributed by atoms with Crippen molar-refractivity contribution in [3.63, 3.8) is 0 Å². The van der Waals surface area contributed by atoms with Gasteiger partial charge in [-0.25, -0.2) is 8.42 Å². The molecule has 0 aliphatic carbocycles. The highest BCUT2D eigenvalue weighted by Crippen LogP contribution is 2.10. The summed E-state index contributed by atoms with van der Waals surface area (Å²) < 4.78 is 22.5. The lowest BCUT2D eigenvalue weighted by molar-refractivity contribution is -0.139. The highest BCUT2D eigenvalue weighted by Gasteiger charge is 2.14. The molecule has 18 heavy (non-hydrogen) atoms. The van der Waals surface area contributed by atoms with Crippen LogP contribution in [0.5, 0.6) is 0 Å². The third-order valence-corrected chi connectivity index (χ3v) is 3.57. The Balaban J connectivity index is 2.67. The first kappa shape index (κ1) is 14.6. The summed E-state index contributed by atoms with van der Waals surface area (Å²) in [5.41, 5.74) is 6.09. The van der Waals surface area contributed by atoms with Gasteiger partial charge >= 0.3 is 5.97 Å². The number of benzene rings is 1. The Labute approximate surface area is 106 Å². The van der Waals surface area contributed by atoms with Crippen molar-refractivity contribution in [2.75, 3.05) is 12.8 Å². The summed E-state index contributed by atoms with van der Waals surface area (Å²) in [6, 6.07) is 5.45. The summed E-state index contributed by atoms with van der Waals surface area (Å²) in [7, 11) is -3.20. The number of hydrogen-bond acceptors (Lipinski definition) is 5. The molecule has 1 unspecified atom stereocenters. The predicted molar refractivity (Wildman–Crippen MR) is 66.9 cm³/mol. The van der Waals surface area contributed by atoms with Crippen LogP contribution in [0, 0.1) is 0 Å². The van der Waals surface area contributed by atoms with Gasteiger partial charge in [0, 0.05) is 19.3 Å². The molecule has 4 N–H and O–H groups in total. The van der Waals surface area contributed by atoms with E-state index >= 15 is 0 Å². The molecule has 0 aliphatic heterocycles. The summed E-state index contributed by atoms with van der Waals surface area (Å²) in [6.07, 6.45) is 1.13. The number of carboxylic acids is 1. The molecule has 0 aromatic heterocycles. The van der Waals surface area contributed by atoms with Crippen molar-refractivity contribution in [2.24, 2.45) is 5.73 Å². The van der Waals surface area contributed by atoms with Gasteiger partial charge in [0.15, 0.2) is 9.84 Å². The Morgan fingerprint density at radius 3 is 2.33 bits per heavy atom. The van der Waals surface area contributed by atoms with Crippen LogP contribution < -0.4 is 11.1 Å². The third kappa shape index (κ3) is 4.10. The fraction of sp³-hybridized carbons (Fsp3) is 0.364. The van der Waals surface area contributed by atoms with Crippen molar-refractivity contribution >= 4 is 15.8 Å². The first-order chi connectivity index (χ1) is 8.34. The fourth-order valence-electron chi connectivity index (χ4n) is 1.37. The van der Waals surface area contributed by atoms with Crippen molar-refractivity contribution in [3.8, 4) is 0 Å². The molecule has 0 bridgehead atoms. The lowest BCUT2D eigenvalue weighted by Crippen LogP contribution is -2.42. The van der Waals surface area contributed by atoms with E-state index in [4.69, 9.17) is 10.8 Å². The van der Waals surface area contributed by atoms with Crippen LogP contribution >= 0.6 is 0 Å². The van der Waals surface area contributed by atoms with Crippen LogP contribution in [-0.4, -0.2) is 38.3 Å². The zero-order valence-corrected chi connectivity index (χ0v) is 10.8. The van der Waals surface area contributed by atoms with E-state index in [9.17, 15) is 13.2 Å². The molecule has 1 aromatic rings. The number of aliphatic carboxylic acids is 1. The zero-order valence-electron chi connectivity index (χ0n) is 9.96. The molecule has 6 nitrogen and oxygen atoms in total. The second-order valence-corrected chi connectivity index (χ2v) is 5.94. The topological polar surface area (TPSA) is 109 Å². The van der Waals surface area contributed by atoms with Crippen molar-refractivity contribution in [2.45, 2.75) is 17.5 Å². The molecule has 1 aromatic carbocycles. The first-order valence-corrected chi connectivity index (χ1v) is 7.19. The monoisotopic (exact) mass is 272 g/mol. The van der Waals surface area contributed by atoms with Gasteiger partial charge in [-0.05, 0) is 17.7 Å². The predicted octanol–water partition coefficient (Wildman–Crippen LogP) is -0.408. The molecule has 0 aliphatic rings. The normalized spacial score (nSPS) is 13.2. The average Bonchev–Trinajstić information content (AvgIpc) is 2.29. The molecule has 0 saturated carbocycles. The minimum atomic E-state index is -3.20. The summed E-state index contributed by atoms with van der Waals surface area (Å²) >= 11 is 0. The van der Waals surface area contributed by atoms with E-state index in [2.05, 4.69) is 5.32 Å². The van der Waals surface area contributed by atoms with Crippen LogP contribution in [0.2, 0.25) is 0 Å². The summed E-state index contributed by atoms with van der Waals surface area (Å²) in [5.74, 6) is -1.01. The number of hydrogen-bond donors (Lipinski definition) is 3. The number of sulfone groups is 1. The Kier molecular flexibility index (Phi) is 4.83. The Hall–Kier alpha value is -1.44. The number of carboxylic acid groups (broad SMARTS) is 1. The van der Waals surface area contributed by atoms with E-state index in [0.717, 1.165) is 11.8 Å². The lowest BCUT2D eigenvalue weighted by Gasteiger charge is -2.12. The summed E-state index contributed by atoms with van der Waals surface area (Å²) in [4.78, 5) is 11.0. The van der Waals surface area contributed by atoms with E-state index in [1.54, 1.807) is 12.1 Å². The standard InChI is InChI=1S/C11H16N2O4S/c1-18(16,17)9-4-2-8(3-5-9)7-13-10(6-12)11(14)15/h2-5,10,13H,6-7,12H2,1H3,(H,14,15). The van der Waals surface area contributed by atoms with Crippen molar-refractivity contribution in [1.29, 1.82) is 0 Å². The van der Waals surface area contributed by atoms with Gasteiger partial charge in [-0.15, -0.1) is 0 Å². The van der Waals surface area contributed by atoms with Crippen molar-refractivity contribution < 1.29 is 18.3 Å². The van der Waals surface area contributed by atoms with Gasteiger partial charge < -0.3 is 10.8 Å². The average molecular weight is 272 g/mol. The third-order valence-electron chi connectivity index (χ3n) is 2.44. The van der Waals surface area contributed by atoms with Gasteiger partial charge in [0.2, 0.25) is 0 Å². The second-order valence-electron chi connectivity index (χ2n) is 3.92. The lowest BCUT2D eigenvalue weighted by atomic mass is 10.2. The fourth-order valence-corrected chi connectivity index (χ4v) is 2.00. The van der Waals surface area contributed by atoms with Crippen LogP contribution in [-0.2, 0) is 21.2 Å². The molecule has 7 heteroatoms. The van der Waals surface area contributed by atoms with Gasteiger partial charge in [-0.2, -0.15) is 0 Å². The smallest absolute Gasteiger partial charge is 0.322 e. The molecule has 1 rings (SSSR count). The maximum Gasteiger partial charge on any atom is 0.322 e. The van der Waals surface area contributed by atoms with Crippen molar-refractivity contribution in [3.05, 3.63) is 29.8 Å². The van der Waals surface area contributed by atoms with Gasteiger partial charge in [-0.1, -0.05) is 12.1 Å². The molecule has 1 atom stereocenters. The van der Waals surface area contributed by atoms with Crippen LogP contribution in [0.1, 0.15) is 5.56 Å². The van der Waals surface area contributed by atoms with E-state index in [1.807, 2.05) is 0 Å². The number of nitrogens with two attached hydrogens (primary N) is 1. The maximum absolute atomic E-state index is 11.2. The molecule has 0 heterocycles. The second kappa shape index (κ2) is 5.94. The molecule has 0 spiro atoms. The summed E-state index contributed by atoms with van der Waals surface area (Å²) in [6.45, 7) is 0.314. The zero-order chi connectivity index (χ0) is 13.8. The molecule has 0 radical (unpaired) electrons. The number of rotatable bonds is 6. The minimum Gasteiger partial charge on any atom is -0.480 e. The summed E-state index contributed by atoms with van der Waals surface area (Å²) in [5, 5.41) is 11.5. The molecular formula is C11H16N2O4S. The maximum atomic E-state index is 11.2. The molecule has 0 fully saturated rings. The highest BCUT2D eigenvalue weighted by atomic mass is 32.2. The molecule has 0 amide bonds.